The van der Waals surface area contributed by atoms with Gasteiger partial charge >= 0.3 is 0 Å². The molecule has 1 heterocycles. The van der Waals surface area contributed by atoms with Crippen LogP contribution in [0.5, 0.6) is 0 Å². The van der Waals surface area contributed by atoms with Crippen molar-refractivity contribution in [3.05, 3.63) is 33.9 Å². The topological polar surface area (TPSA) is 49.6 Å². The third-order valence-electron chi connectivity index (χ3n) is 3.26. The number of rotatable bonds is 3. The normalized spacial score (nSPS) is 16.9. The highest BCUT2D eigenvalue weighted by Gasteiger charge is 2.18. The lowest BCUT2D eigenvalue weighted by atomic mass is 10.1. The van der Waals surface area contributed by atoms with Crippen molar-refractivity contribution >= 4 is 23.0 Å². The molecule has 0 saturated carbocycles. The maximum Gasteiger partial charge on any atom is 0.269 e. The third kappa shape index (κ3) is 2.73. The second kappa shape index (κ2) is 5.54. The Bertz CT molecular complexity index is 445. The summed E-state index contributed by atoms with van der Waals surface area (Å²) < 4.78 is 0. The first-order valence-electron chi connectivity index (χ1n) is 5.88. The van der Waals surface area contributed by atoms with E-state index in [1.807, 2.05) is 0 Å². The lowest BCUT2D eigenvalue weighted by Gasteiger charge is -2.35. The van der Waals surface area contributed by atoms with Gasteiger partial charge in [-0.25, -0.2) is 0 Å². The van der Waals surface area contributed by atoms with Crippen molar-refractivity contribution in [1.82, 2.24) is 4.90 Å². The SMILES string of the molecule is CN1CCN(c2ccc([N+](=O)[O-])cc2CCl)CC1. The molecule has 0 spiro atoms. The Morgan fingerprint density at radius 2 is 2.00 bits per heavy atom. The number of likely N-dealkylation sites (N-methyl/N-ethyl adjacent to an activating group) is 1. The van der Waals surface area contributed by atoms with Crippen molar-refractivity contribution in [2.45, 2.75) is 5.88 Å². The molecule has 5 nitrogen and oxygen atoms in total. The summed E-state index contributed by atoms with van der Waals surface area (Å²) in [4.78, 5) is 14.9. The summed E-state index contributed by atoms with van der Waals surface area (Å²) in [7, 11) is 2.09. The predicted octanol–water partition coefficient (Wildman–Crippen LogP) is 2.09. The van der Waals surface area contributed by atoms with Gasteiger partial charge in [-0.15, -0.1) is 11.6 Å². The summed E-state index contributed by atoms with van der Waals surface area (Å²) >= 11 is 5.90. The van der Waals surface area contributed by atoms with Crippen LogP contribution >= 0.6 is 11.6 Å². The molecule has 0 amide bonds. The van der Waals surface area contributed by atoms with Crippen LogP contribution in [0.1, 0.15) is 5.56 Å². The van der Waals surface area contributed by atoms with Gasteiger partial charge in [-0.3, -0.25) is 10.1 Å². The minimum atomic E-state index is -0.385. The number of piperazine rings is 1. The summed E-state index contributed by atoms with van der Waals surface area (Å²) in [6, 6.07) is 4.92. The average molecular weight is 270 g/mol. The number of benzene rings is 1. The van der Waals surface area contributed by atoms with E-state index in [1.165, 1.54) is 0 Å². The van der Waals surface area contributed by atoms with Gasteiger partial charge < -0.3 is 9.80 Å². The quantitative estimate of drug-likeness (QED) is 0.479. The number of hydrogen-bond acceptors (Lipinski definition) is 4. The second-order valence-corrected chi connectivity index (χ2v) is 4.76. The van der Waals surface area contributed by atoms with Gasteiger partial charge in [-0.1, -0.05) is 0 Å². The first kappa shape index (κ1) is 13.1. The van der Waals surface area contributed by atoms with Crippen LogP contribution in [0.3, 0.4) is 0 Å². The molecule has 0 radical (unpaired) electrons. The summed E-state index contributed by atoms with van der Waals surface area (Å²) in [6.07, 6.45) is 0. The standard InChI is InChI=1S/C12H16ClN3O2/c1-14-4-6-15(7-5-14)12-3-2-11(16(17)18)8-10(12)9-13/h2-3,8H,4-7,9H2,1H3. The first-order chi connectivity index (χ1) is 8.61. The van der Waals surface area contributed by atoms with E-state index in [1.54, 1.807) is 18.2 Å². The third-order valence-corrected chi connectivity index (χ3v) is 3.55. The molecule has 0 atom stereocenters. The van der Waals surface area contributed by atoms with Crippen molar-refractivity contribution in [2.75, 3.05) is 38.1 Å². The molecule has 2 rings (SSSR count). The van der Waals surface area contributed by atoms with Crippen molar-refractivity contribution in [3.63, 3.8) is 0 Å². The molecule has 0 bridgehead atoms. The minimum absolute atomic E-state index is 0.100. The van der Waals surface area contributed by atoms with E-state index < -0.39 is 0 Å². The van der Waals surface area contributed by atoms with Gasteiger partial charge in [0.2, 0.25) is 0 Å². The minimum Gasteiger partial charge on any atom is -0.369 e. The molecule has 1 aliphatic rings. The van der Waals surface area contributed by atoms with E-state index in [-0.39, 0.29) is 10.6 Å². The summed E-state index contributed by atoms with van der Waals surface area (Å²) in [5, 5.41) is 10.7. The number of nitro groups is 1. The molecular weight excluding hydrogens is 254 g/mol. The Labute approximate surface area is 111 Å². The second-order valence-electron chi connectivity index (χ2n) is 4.49. The Morgan fingerprint density at radius 1 is 1.33 bits per heavy atom. The zero-order chi connectivity index (χ0) is 13.1. The van der Waals surface area contributed by atoms with E-state index >= 15 is 0 Å². The fourth-order valence-corrected chi connectivity index (χ4v) is 2.36. The van der Waals surface area contributed by atoms with Crippen LogP contribution in [0, 0.1) is 10.1 Å². The Hall–Kier alpha value is -1.33. The van der Waals surface area contributed by atoms with Crippen molar-refractivity contribution in [2.24, 2.45) is 0 Å². The van der Waals surface area contributed by atoms with Crippen LogP contribution in [0.2, 0.25) is 0 Å². The highest BCUT2D eigenvalue weighted by atomic mass is 35.5. The van der Waals surface area contributed by atoms with Crippen molar-refractivity contribution in [1.29, 1.82) is 0 Å². The molecule has 0 unspecified atom stereocenters. The van der Waals surface area contributed by atoms with Crippen LogP contribution in [0.4, 0.5) is 11.4 Å². The molecule has 1 aromatic rings. The number of nitro benzene ring substituents is 1. The van der Waals surface area contributed by atoms with Crippen LogP contribution in [0.25, 0.3) is 0 Å². The van der Waals surface area contributed by atoms with Crippen LogP contribution in [-0.2, 0) is 5.88 Å². The van der Waals surface area contributed by atoms with Crippen LogP contribution in [0.15, 0.2) is 18.2 Å². The van der Waals surface area contributed by atoms with E-state index in [2.05, 4.69) is 16.8 Å². The number of alkyl halides is 1. The first-order valence-corrected chi connectivity index (χ1v) is 6.42. The fraction of sp³-hybridized carbons (Fsp3) is 0.500. The number of hydrogen-bond donors (Lipinski definition) is 0. The predicted molar refractivity (Wildman–Crippen MR) is 72.4 cm³/mol. The molecule has 0 N–H and O–H groups in total. The monoisotopic (exact) mass is 269 g/mol. The smallest absolute Gasteiger partial charge is 0.269 e. The molecule has 1 aromatic carbocycles. The Balaban J connectivity index is 2.24. The van der Waals surface area contributed by atoms with Crippen molar-refractivity contribution < 1.29 is 4.92 Å². The average Bonchev–Trinajstić information content (AvgIpc) is 2.39. The molecule has 6 heteroatoms. The number of non-ortho nitro benzene ring substituents is 1. The molecule has 1 aliphatic heterocycles. The van der Waals surface area contributed by atoms with Crippen molar-refractivity contribution in [3.8, 4) is 0 Å². The fourth-order valence-electron chi connectivity index (χ4n) is 2.15. The highest BCUT2D eigenvalue weighted by Crippen LogP contribution is 2.27. The Kier molecular flexibility index (Phi) is 4.04. The summed E-state index contributed by atoms with van der Waals surface area (Å²) in [5.74, 6) is 0.295. The van der Waals surface area contributed by atoms with Gasteiger partial charge in [0.05, 0.1) is 4.92 Å². The van der Waals surface area contributed by atoms with E-state index in [0.29, 0.717) is 5.88 Å². The number of nitrogens with zero attached hydrogens (tertiary/aromatic N) is 3. The lowest BCUT2D eigenvalue weighted by Crippen LogP contribution is -2.44. The van der Waals surface area contributed by atoms with E-state index in [4.69, 9.17) is 11.6 Å². The summed E-state index contributed by atoms with van der Waals surface area (Å²) in [6.45, 7) is 3.85. The number of halogens is 1. The van der Waals surface area contributed by atoms with Crippen LogP contribution < -0.4 is 4.90 Å². The van der Waals surface area contributed by atoms with Crippen LogP contribution in [-0.4, -0.2) is 43.0 Å². The molecule has 1 fully saturated rings. The zero-order valence-electron chi connectivity index (χ0n) is 10.3. The van der Waals surface area contributed by atoms with Gasteiger partial charge in [0.15, 0.2) is 0 Å². The zero-order valence-corrected chi connectivity index (χ0v) is 11.1. The Morgan fingerprint density at radius 3 is 2.56 bits per heavy atom. The van der Waals surface area contributed by atoms with Gasteiger partial charge in [0.25, 0.3) is 5.69 Å². The van der Waals surface area contributed by atoms with E-state index in [9.17, 15) is 10.1 Å². The molecule has 0 aromatic heterocycles. The maximum atomic E-state index is 10.7. The van der Waals surface area contributed by atoms with Gasteiger partial charge in [0, 0.05) is 49.9 Å². The van der Waals surface area contributed by atoms with Gasteiger partial charge in [-0.2, -0.15) is 0 Å². The maximum absolute atomic E-state index is 10.7. The van der Waals surface area contributed by atoms with Gasteiger partial charge in [-0.05, 0) is 18.7 Å². The van der Waals surface area contributed by atoms with Gasteiger partial charge in [0.1, 0.15) is 0 Å². The summed E-state index contributed by atoms with van der Waals surface area (Å²) in [5.41, 5.74) is 1.95. The molecule has 98 valence electrons. The molecular formula is C12H16ClN3O2. The highest BCUT2D eigenvalue weighted by molar-refractivity contribution is 6.17. The molecule has 1 saturated heterocycles. The molecule has 18 heavy (non-hydrogen) atoms. The number of anilines is 1. The van der Waals surface area contributed by atoms with E-state index in [0.717, 1.165) is 37.4 Å². The lowest BCUT2D eigenvalue weighted by molar-refractivity contribution is -0.384. The largest absolute Gasteiger partial charge is 0.369 e. The molecule has 0 aliphatic carbocycles.